The second kappa shape index (κ2) is 13.0. The van der Waals surface area contributed by atoms with Gasteiger partial charge in [0.25, 0.3) is 0 Å². The molecule has 0 radical (unpaired) electrons. The molecule has 8 nitrogen and oxygen atoms in total. The molecular formula is C28H47N7O. The minimum atomic E-state index is 0.134. The number of carbonyl (C=O) groups is 1. The molecule has 1 aromatic heterocycles. The Balaban J connectivity index is 1.26. The van der Waals surface area contributed by atoms with Gasteiger partial charge in [-0.05, 0) is 70.5 Å². The van der Waals surface area contributed by atoms with Crippen LogP contribution in [0.1, 0.15) is 83.5 Å². The van der Waals surface area contributed by atoms with Crippen LogP contribution in [-0.2, 0) is 4.79 Å². The van der Waals surface area contributed by atoms with Crippen molar-refractivity contribution in [3.8, 4) is 0 Å². The maximum Gasteiger partial charge on any atom is 0.224 e. The second-order valence-electron chi connectivity index (χ2n) is 11.4. The zero-order chi connectivity index (χ0) is 24.6. The molecule has 0 bridgehead atoms. The first-order valence-electron chi connectivity index (χ1n) is 14.9. The van der Waals surface area contributed by atoms with Gasteiger partial charge in [-0.1, -0.05) is 32.1 Å². The van der Waals surface area contributed by atoms with Gasteiger partial charge in [-0.15, -0.1) is 0 Å². The fraction of sp³-hybridized carbons (Fsp3) is 0.821. The Morgan fingerprint density at radius 2 is 1.78 bits per heavy atom. The molecule has 200 valence electrons. The van der Waals surface area contributed by atoms with Gasteiger partial charge in [0.2, 0.25) is 11.9 Å². The lowest BCUT2D eigenvalue weighted by atomic mass is 9.87. The molecule has 4 aliphatic rings. The quantitative estimate of drug-likeness (QED) is 0.506. The van der Waals surface area contributed by atoms with Crippen molar-refractivity contribution in [3.05, 3.63) is 12.3 Å². The van der Waals surface area contributed by atoms with Crippen LogP contribution < -0.4 is 20.9 Å². The van der Waals surface area contributed by atoms with Crippen molar-refractivity contribution < 1.29 is 4.79 Å². The second-order valence-corrected chi connectivity index (χ2v) is 11.4. The lowest BCUT2D eigenvalue weighted by Crippen LogP contribution is -2.56. The predicted molar refractivity (Wildman–Crippen MR) is 145 cm³/mol. The summed E-state index contributed by atoms with van der Waals surface area (Å²) in [5.74, 6) is 2.18. The van der Waals surface area contributed by atoms with E-state index in [9.17, 15) is 4.79 Å². The molecule has 4 fully saturated rings. The summed E-state index contributed by atoms with van der Waals surface area (Å²) in [6, 6.07) is 3.45. The van der Waals surface area contributed by atoms with Gasteiger partial charge >= 0.3 is 0 Å². The summed E-state index contributed by atoms with van der Waals surface area (Å²) < 4.78 is 0. The minimum Gasteiger partial charge on any atom is -0.356 e. The van der Waals surface area contributed by atoms with Crippen LogP contribution in [0.25, 0.3) is 0 Å². The van der Waals surface area contributed by atoms with Gasteiger partial charge < -0.3 is 20.9 Å². The van der Waals surface area contributed by atoms with Crippen LogP contribution in [0.3, 0.4) is 0 Å². The molecule has 1 saturated carbocycles. The summed E-state index contributed by atoms with van der Waals surface area (Å²) in [6.07, 6.45) is 18.0. The van der Waals surface area contributed by atoms with Gasteiger partial charge in [-0.3, -0.25) is 9.69 Å². The molecule has 1 aromatic rings. The Kier molecular flexibility index (Phi) is 9.31. The highest BCUT2D eigenvalue weighted by Gasteiger charge is 2.36. The van der Waals surface area contributed by atoms with Crippen LogP contribution in [0.2, 0.25) is 0 Å². The Bertz CT molecular complexity index is 816. The average Bonchev–Trinajstić information content (AvgIpc) is 3.33. The summed E-state index contributed by atoms with van der Waals surface area (Å²) in [7, 11) is 0. The van der Waals surface area contributed by atoms with E-state index in [1.54, 1.807) is 0 Å². The van der Waals surface area contributed by atoms with Gasteiger partial charge in [0.1, 0.15) is 5.82 Å². The van der Waals surface area contributed by atoms with Crippen molar-refractivity contribution in [2.75, 3.05) is 49.5 Å². The first-order valence-corrected chi connectivity index (χ1v) is 14.9. The number of rotatable bonds is 8. The maximum atomic E-state index is 12.6. The van der Waals surface area contributed by atoms with E-state index in [2.05, 4.69) is 36.8 Å². The van der Waals surface area contributed by atoms with Crippen LogP contribution in [0.4, 0.5) is 11.8 Å². The number of hydrogen-bond acceptors (Lipinski definition) is 7. The van der Waals surface area contributed by atoms with Crippen LogP contribution in [0.5, 0.6) is 0 Å². The Labute approximate surface area is 217 Å². The number of nitrogens with one attached hydrogen (secondary N) is 3. The standard InChI is InChI=1S/C28H47N7O/c36-27(22-12-15-29-21-22)30-16-13-25-24(11-8-20-35(25)23-9-4-3-5-10-23)32-28-31-17-14-26(33-28)34-18-6-1-2-7-19-34/h14,17,22-25,29H,1-13,15-16,18-21H2,(H,30,36)(H,31,32,33)/t22-,24-,25+/m0/s1. The van der Waals surface area contributed by atoms with Crippen molar-refractivity contribution in [2.45, 2.75) is 102 Å². The molecule has 0 unspecified atom stereocenters. The number of hydrogen-bond donors (Lipinski definition) is 3. The smallest absolute Gasteiger partial charge is 0.224 e. The number of piperidine rings is 1. The van der Waals surface area contributed by atoms with Gasteiger partial charge in [0, 0.05) is 50.5 Å². The largest absolute Gasteiger partial charge is 0.356 e. The molecule has 36 heavy (non-hydrogen) atoms. The summed E-state index contributed by atoms with van der Waals surface area (Å²) in [5.41, 5.74) is 0. The fourth-order valence-corrected chi connectivity index (χ4v) is 6.91. The van der Waals surface area contributed by atoms with E-state index in [0.29, 0.717) is 18.1 Å². The minimum absolute atomic E-state index is 0.134. The fourth-order valence-electron chi connectivity index (χ4n) is 6.91. The van der Waals surface area contributed by atoms with Crippen molar-refractivity contribution in [3.63, 3.8) is 0 Å². The third kappa shape index (κ3) is 6.68. The summed E-state index contributed by atoms with van der Waals surface area (Å²) in [5, 5.41) is 10.4. The first kappa shape index (κ1) is 25.7. The Hall–Kier alpha value is -1.93. The van der Waals surface area contributed by atoms with E-state index in [1.165, 1.54) is 70.8 Å². The highest BCUT2D eigenvalue weighted by Crippen LogP contribution is 2.31. The number of likely N-dealkylation sites (tertiary alicyclic amines) is 1. The monoisotopic (exact) mass is 497 g/mol. The number of nitrogens with zero attached hydrogens (tertiary/aromatic N) is 4. The molecule has 3 atom stereocenters. The van der Waals surface area contributed by atoms with E-state index in [1.807, 2.05) is 6.20 Å². The van der Waals surface area contributed by atoms with Crippen molar-refractivity contribution in [1.82, 2.24) is 25.5 Å². The van der Waals surface area contributed by atoms with Gasteiger partial charge in [0.05, 0.1) is 5.92 Å². The average molecular weight is 498 g/mol. The van der Waals surface area contributed by atoms with E-state index >= 15 is 0 Å². The van der Waals surface area contributed by atoms with E-state index in [0.717, 1.165) is 63.8 Å². The highest BCUT2D eigenvalue weighted by molar-refractivity contribution is 5.79. The molecule has 0 spiro atoms. The molecule has 1 amide bonds. The van der Waals surface area contributed by atoms with Gasteiger partial charge in [-0.25, -0.2) is 4.98 Å². The van der Waals surface area contributed by atoms with E-state index < -0.39 is 0 Å². The number of amides is 1. The van der Waals surface area contributed by atoms with Crippen LogP contribution >= 0.6 is 0 Å². The molecule has 5 rings (SSSR count). The third-order valence-corrected chi connectivity index (χ3v) is 8.92. The molecule has 4 heterocycles. The maximum absolute atomic E-state index is 12.6. The highest BCUT2D eigenvalue weighted by atomic mass is 16.1. The van der Waals surface area contributed by atoms with E-state index in [-0.39, 0.29) is 11.8 Å². The van der Waals surface area contributed by atoms with Gasteiger partial charge in [-0.2, -0.15) is 4.98 Å². The normalized spacial score (nSPS) is 28.6. The molecular weight excluding hydrogens is 450 g/mol. The lowest BCUT2D eigenvalue weighted by Gasteiger charge is -2.47. The number of aromatic nitrogens is 2. The van der Waals surface area contributed by atoms with Crippen LogP contribution in [0.15, 0.2) is 12.3 Å². The predicted octanol–water partition coefficient (Wildman–Crippen LogP) is 3.55. The molecule has 8 heteroatoms. The van der Waals surface area contributed by atoms with Crippen molar-refractivity contribution in [1.29, 1.82) is 0 Å². The third-order valence-electron chi connectivity index (χ3n) is 8.92. The van der Waals surface area contributed by atoms with Crippen LogP contribution in [-0.4, -0.2) is 78.2 Å². The number of anilines is 2. The molecule has 0 aromatic carbocycles. The first-order chi connectivity index (χ1) is 17.8. The molecule has 1 aliphatic carbocycles. The van der Waals surface area contributed by atoms with Crippen molar-refractivity contribution >= 4 is 17.7 Å². The molecule has 3 saturated heterocycles. The van der Waals surface area contributed by atoms with Gasteiger partial charge in [0.15, 0.2) is 0 Å². The summed E-state index contributed by atoms with van der Waals surface area (Å²) in [4.78, 5) is 27.5. The van der Waals surface area contributed by atoms with Crippen molar-refractivity contribution in [2.24, 2.45) is 5.92 Å². The summed E-state index contributed by atoms with van der Waals surface area (Å²) >= 11 is 0. The topological polar surface area (TPSA) is 85.4 Å². The molecule has 3 N–H and O–H groups in total. The summed E-state index contributed by atoms with van der Waals surface area (Å²) in [6.45, 7) is 5.87. The lowest BCUT2D eigenvalue weighted by molar-refractivity contribution is -0.124. The zero-order valence-corrected chi connectivity index (χ0v) is 22.1. The Morgan fingerprint density at radius 3 is 2.56 bits per heavy atom. The SMILES string of the molecule is O=C(NCC[C@@H]1[C@@H](Nc2nccc(N3CCCCCC3)n2)CCCN1C1CCCCC1)[C@H]1CCNC1. The Morgan fingerprint density at radius 1 is 0.972 bits per heavy atom. The van der Waals surface area contributed by atoms with E-state index in [4.69, 9.17) is 4.98 Å². The zero-order valence-electron chi connectivity index (χ0n) is 22.1. The van der Waals surface area contributed by atoms with Crippen LogP contribution in [0, 0.1) is 5.92 Å². The molecule has 3 aliphatic heterocycles. The number of carbonyl (C=O) groups excluding carboxylic acids is 1.